The highest BCUT2D eigenvalue weighted by Crippen LogP contribution is 2.34. The molecule has 2 unspecified atom stereocenters. The van der Waals surface area contributed by atoms with Gasteiger partial charge in [-0.1, -0.05) is 18.9 Å². The lowest BCUT2D eigenvalue weighted by molar-refractivity contribution is -0.00871. The van der Waals surface area contributed by atoms with Gasteiger partial charge in [0.05, 0.1) is 18.8 Å². The van der Waals surface area contributed by atoms with E-state index in [0.717, 1.165) is 18.8 Å². The molecule has 1 aliphatic heterocycles. The molecule has 0 aromatic heterocycles. The number of nitrogens with two attached hydrogens (primary N) is 1. The zero-order valence-electron chi connectivity index (χ0n) is 11.1. The molecule has 1 aromatic rings. The van der Waals surface area contributed by atoms with Crippen molar-refractivity contribution in [1.82, 2.24) is 0 Å². The fourth-order valence-electron chi connectivity index (χ4n) is 3.35. The summed E-state index contributed by atoms with van der Waals surface area (Å²) < 4.78 is 5.93. The van der Waals surface area contributed by atoms with Crippen LogP contribution in [0.3, 0.4) is 0 Å². The van der Waals surface area contributed by atoms with Gasteiger partial charge in [-0.05, 0) is 37.5 Å². The molecule has 0 radical (unpaired) electrons. The Kier molecular flexibility index (Phi) is 3.16. The first-order valence-electron chi connectivity index (χ1n) is 7.00. The van der Waals surface area contributed by atoms with Crippen molar-refractivity contribution < 1.29 is 4.74 Å². The Labute approximate surface area is 109 Å². The molecule has 3 heteroatoms. The number of hydrogen-bond acceptors (Lipinski definition) is 3. The Morgan fingerprint density at radius 2 is 2.11 bits per heavy atom. The highest BCUT2D eigenvalue weighted by molar-refractivity contribution is 5.64. The van der Waals surface area contributed by atoms with Crippen LogP contribution < -0.4 is 10.6 Å². The number of anilines is 2. The van der Waals surface area contributed by atoms with Gasteiger partial charge in [0.25, 0.3) is 0 Å². The number of rotatable bonds is 1. The van der Waals surface area contributed by atoms with Crippen LogP contribution in [-0.2, 0) is 4.74 Å². The molecule has 1 aliphatic carbocycles. The molecular formula is C15H22N2O. The number of fused-ring (bicyclic) bond motifs is 1. The summed E-state index contributed by atoms with van der Waals surface area (Å²) in [4.78, 5) is 2.53. The molecule has 2 fully saturated rings. The lowest BCUT2D eigenvalue weighted by atomic mass is 9.89. The largest absolute Gasteiger partial charge is 0.398 e. The van der Waals surface area contributed by atoms with Crippen LogP contribution in [0, 0.1) is 6.92 Å². The van der Waals surface area contributed by atoms with E-state index in [-0.39, 0.29) is 0 Å². The normalized spacial score (nSPS) is 27.9. The Morgan fingerprint density at radius 1 is 1.28 bits per heavy atom. The maximum atomic E-state index is 6.04. The van der Waals surface area contributed by atoms with Gasteiger partial charge in [-0.25, -0.2) is 0 Å². The summed E-state index contributed by atoms with van der Waals surface area (Å²) in [6, 6.07) is 6.79. The van der Waals surface area contributed by atoms with E-state index in [0.29, 0.717) is 12.1 Å². The van der Waals surface area contributed by atoms with Gasteiger partial charge in [-0.15, -0.1) is 0 Å². The molecule has 1 aromatic carbocycles. The molecule has 2 aliphatic rings. The van der Waals surface area contributed by atoms with Crippen molar-refractivity contribution in [2.45, 2.75) is 44.8 Å². The molecule has 0 bridgehead atoms. The van der Waals surface area contributed by atoms with Crippen molar-refractivity contribution in [1.29, 1.82) is 0 Å². The highest BCUT2D eigenvalue weighted by atomic mass is 16.5. The second kappa shape index (κ2) is 4.81. The molecule has 2 atom stereocenters. The van der Waals surface area contributed by atoms with Gasteiger partial charge in [-0.2, -0.15) is 0 Å². The first-order valence-corrected chi connectivity index (χ1v) is 7.00. The third-order valence-corrected chi connectivity index (χ3v) is 4.39. The number of nitrogens with zero attached hydrogens (tertiary/aromatic N) is 1. The fourth-order valence-corrected chi connectivity index (χ4v) is 3.35. The third kappa shape index (κ3) is 1.97. The van der Waals surface area contributed by atoms with E-state index in [1.54, 1.807) is 0 Å². The molecule has 1 heterocycles. The van der Waals surface area contributed by atoms with Gasteiger partial charge >= 0.3 is 0 Å². The van der Waals surface area contributed by atoms with Crippen LogP contribution in [0.2, 0.25) is 0 Å². The predicted molar refractivity (Wildman–Crippen MR) is 74.9 cm³/mol. The van der Waals surface area contributed by atoms with Crippen LogP contribution in [0.25, 0.3) is 0 Å². The van der Waals surface area contributed by atoms with Gasteiger partial charge in [0, 0.05) is 17.9 Å². The summed E-state index contributed by atoms with van der Waals surface area (Å²) in [5, 5.41) is 0. The minimum Gasteiger partial charge on any atom is -0.398 e. The second-order valence-electron chi connectivity index (χ2n) is 5.45. The van der Waals surface area contributed by atoms with Gasteiger partial charge in [0.1, 0.15) is 0 Å². The summed E-state index contributed by atoms with van der Waals surface area (Å²) in [5.41, 5.74) is 9.45. The van der Waals surface area contributed by atoms with Gasteiger partial charge in [-0.3, -0.25) is 0 Å². The molecule has 3 rings (SSSR count). The van der Waals surface area contributed by atoms with E-state index in [2.05, 4.69) is 24.0 Å². The molecule has 0 spiro atoms. The molecule has 98 valence electrons. The van der Waals surface area contributed by atoms with Crippen molar-refractivity contribution in [3.8, 4) is 0 Å². The van der Waals surface area contributed by atoms with Crippen LogP contribution in [0.1, 0.15) is 31.2 Å². The average Bonchev–Trinajstić information content (AvgIpc) is 2.41. The molecule has 1 saturated carbocycles. The molecule has 18 heavy (non-hydrogen) atoms. The molecule has 2 N–H and O–H groups in total. The van der Waals surface area contributed by atoms with Crippen LogP contribution in [-0.4, -0.2) is 25.3 Å². The first-order chi connectivity index (χ1) is 8.77. The Bertz CT molecular complexity index is 431. The predicted octanol–water partition coefficient (Wildman–Crippen LogP) is 2.73. The molecule has 1 saturated heterocycles. The monoisotopic (exact) mass is 246 g/mol. The first kappa shape index (κ1) is 11.8. The van der Waals surface area contributed by atoms with E-state index >= 15 is 0 Å². The lowest BCUT2D eigenvalue weighted by Crippen LogP contribution is -2.53. The minimum absolute atomic E-state index is 0.424. The third-order valence-electron chi connectivity index (χ3n) is 4.39. The number of ether oxygens (including phenoxy) is 1. The van der Waals surface area contributed by atoms with Crippen LogP contribution in [0.15, 0.2) is 18.2 Å². The van der Waals surface area contributed by atoms with Gasteiger partial charge < -0.3 is 15.4 Å². The highest BCUT2D eigenvalue weighted by Gasteiger charge is 2.34. The van der Waals surface area contributed by atoms with E-state index in [1.165, 1.54) is 36.9 Å². The van der Waals surface area contributed by atoms with Crippen LogP contribution >= 0.6 is 0 Å². The summed E-state index contributed by atoms with van der Waals surface area (Å²) in [7, 11) is 0. The van der Waals surface area contributed by atoms with Crippen molar-refractivity contribution in [2.75, 3.05) is 23.8 Å². The maximum absolute atomic E-state index is 6.04. The quantitative estimate of drug-likeness (QED) is 0.774. The summed E-state index contributed by atoms with van der Waals surface area (Å²) in [6.45, 7) is 3.96. The number of hydrogen-bond donors (Lipinski definition) is 1. The fraction of sp³-hybridized carbons (Fsp3) is 0.600. The summed E-state index contributed by atoms with van der Waals surface area (Å²) in [5.74, 6) is 0. The minimum atomic E-state index is 0.424. The maximum Gasteiger partial charge on any atom is 0.0779 e. The summed E-state index contributed by atoms with van der Waals surface area (Å²) in [6.07, 6.45) is 5.52. The lowest BCUT2D eigenvalue weighted by Gasteiger charge is -2.45. The van der Waals surface area contributed by atoms with E-state index < -0.39 is 0 Å². The van der Waals surface area contributed by atoms with Crippen molar-refractivity contribution in [2.24, 2.45) is 0 Å². The Morgan fingerprint density at radius 3 is 3.00 bits per heavy atom. The Hall–Kier alpha value is -1.22. The topological polar surface area (TPSA) is 38.5 Å². The standard InChI is InChI=1S/C15H22N2O/c1-11-12(16)5-4-7-13(11)17-9-10-18-15-8-3-2-6-14(15)17/h4-5,7,14-15H,2-3,6,8-10,16H2,1H3. The van der Waals surface area contributed by atoms with E-state index in [1.807, 2.05) is 6.07 Å². The Balaban J connectivity index is 1.92. The number of nitrogen functional groups attached to an aromatic ring is 1. The smallest absolute Gasteiger partial charge is 0.0779 e. The van der Waals surface area contributed by atoms with Gasteiger partial charge in [0.15, 0.2) is 0 Å². The molecule has 0 amide bonds. The number of morpholine rings is 1. The van der Waals surface area contributed by atoms with Gasteiger partial charge in [0.2, 0.25) is 0 Å². The summed E-state index contributed by atoms with van der Waals surface area (Å²) >= 11 is 0. The van der Waals surface area contributed by atoms with Crippen molar-refractivity contribution >= 4 is 11.4 Å². The number of benzene rings is 1. The van der Waals surface area contributed by atoms with Crippen molar-refractivity contribution in [3.63, 3.8) is 0 Å². The van der Waals surface area contributed by atoms with Crippen LogP contribution in [0.5, 0.6) is 0 Å². The second-order valence-corrected chi connectivity index (χ2v) is 5.45. The van der Waals surface area contributed by atoms with Crippen molar-refractivity contribution in [3.05, 3.63) is 23.8 Å². The SMILES string of the molecule is Cc1c(N)cccc1N1CCOC2CCCCC21. The van der Waals surface area contributed by atoms with E-state index in [9.17, 15) is 0 Å². The van der Waals surface area contributed by atoms with E-state index in [4.69, 9.17) is 10.5 Å². The zero-order chi connectivity index (χ0) is 12.5. The molecule has 3 nitrogen and oxygen atoms in total. The average molecular weight is 246 g/mol. The molecular weight excluding hydrogens is 224 g/mol. The van der Waals surface area contributed by atoms with Crippen LogP contribution in [0.4, 0.5) is 11.4 Å². The zero-order valence-corrected chi connectivity index (χ0v) is 11.1.